The summed E-state index contributed by atoms with van der Waals surface area (Å²) in [6, 6.07) is 0. The summed E-state index contributed by atoms with van der Waals surface area (Å²) >= 11 is 0. The van der Waals surface area contributed by atoms with E-state index in [0.717, 1.165) is 19.4 Å². The van der Waals surface area contributed by atoms with E-state index < -0.39 is 0 Å². The number of hydrogen-bond donors (Lipinski definition) is 1. The largest absolute Gasteiger partial charge is 0.389 e. The van der Waals surface area contributed by atoms with Gasteiger partial charge in [-0.25, -0.2) is 0 Å². The highest BCUT2D eigenvalue weighted by molar-refractivity contribution is 5.00. The summed E-state index contributed by atoms with van der Waals surface area (Å²) in [4.78, 5) is 0. The van der Waals surface area contributed by atoms with Gasteiger partial charge in [0.25, 0.3) is 0 Å². The minimum absolute atomic E-state index is 0.641. The first kappa shape index (κ1) is 12.3. The monoisotopic (exact) mass is 181 g/mol. The lowest BCUT2D eigenvalue weighted by atomic mass is 10.1. The van der Waals surface area contributed by atoms with E-state index in [0.29, 0.717) is 5.92 Å². The van der Waals surface area contributed by atoms with Crippen LogP contribution in [-0.4, -0.2) is 6.54 Å². The molecule has 0 aliphatic carbocycles. The fourth-order valence-corrected chi connectivity index (χ4v) is 1.20. The molecule has 1 heteroatoms. The van der Waals surface area contributed by atoms with Crippen LogP contribution in [0.4, 0.5) is 0 Å². The minimum atomic E-state index is 0.641. The maximum absolute atomic E-state index is 3.70. The Morgan fingerprint density at radius 1 is 1.46 bits per heavy atom. The topological polar surface area (TPSA) is 12.0 Å². The summed E-state index contributed by atoms with van der Waals surface area (Å²) in [5.41, 5.74) is 1.37. The Bertz CT molecular complexity index is 157. The van der Waals surface area contributed by atoms with E-state index in [4.69, 9.17) is 0 Å². The van der Waals surface area contributed by atoms with Crippen molar-refractivity contribution in [1.29, 1.82) is 0 Å². The fraction of sp³-hybridized carbons (Fsp3) is 0.667. The molecule has 0 fully saturated rings. The maximum atomic E-state index is 3.70. The summed E-state index contributed by atoms with van der Waals surface area (Å²) < 4.78 is 0. The van der Waals surface area contributed by atoms with Gasteiger partial charge < -0.3 is 5.32 Å². The molecule has 0 amide bonds. The second-order valence-electron chi connectivity index (χ2n) is 3.65. The second kappa shape index (κ2) is 7.90. The van der Waals surface area contributed by atoms with Crippen LogP contribution < -0.4 is 5.32 Å². The Morgan fingerprint density at radius 3 is 2.62 bits per heavy atom. The Hall–Kier alpha value is -0.720. The van der Waals surface area contributed by atoms with Crippen molar-refractivity contribution < 1.29 is 0 Å². The number of unbranched alkanes of at least 4 members (excludes halogenated alkanes) is 1. The van der Waals surface area contributed by atoms with Gasteiger partial charge in [0, 0.05) is 12.2 Å². The molecule has 0 unspecified atom stereocenters. The van der Waals surface area contributed by atoms with Crippen molar-refractivity contribution in [3.05, 3.63) is 24.4 Å². The quantitative estimate of drug-likeness (QED) is 0.468. The van der Waals surface area contributed by atoms with Gasteiger partial charge in [-0.05, 0) is 25.2 Å². The summed E-state index contributed by atoms with van der Waals surface area (Å²) in [5.74, 6) is 0.641. The van der Waals surface area contributed by atoms with Crippen LogP contribution in [0.2, 0.25) is 0 Å². The molecule has 0 radical (unpaired) electrons. The van der Waals surface area contributed by atoms with Crippen LogP contribution in [0.1, 0.15) is 40.0 Å². The van der Waals surface area contributed by atoms with Gasteiger partial charge >= 0.3 is 0 Å². The Labute approximate surface area is 82.9 Å². The van der Waals surface area contributed by atoms with E-state index in [1.807, 2.05) is 6.08 Å². The molecule has 0 aliphatic rings. The van der Waals surface area contributed by atoms with E-state index in [2.05, 4.69) is 38.7 Å². The van der Waals surface area contributed by atoms with Crippen LogP contribution >= 0.6 is 0 Å². The van der Waals surface area contributed by atoms with Crippen molar-refractivity contribution in [2.24, 2.45) is 5.92 Å². The van der Waals surface area contributed by atoms with Crippen LogP contribution in [0.5, 0.6) is 0 Å². The maximum Gasteiger partial charge on any atom is 0.0146 e. The molecule has 13 heavy (non-hydrogen) atoms. The lowest BCUT2D eigenvalue weighted by molar-refractivity contribution is 0.695. The highest BCUT2D eigenvalue weighted by atomic mass is 14.9. The van der Waals surface area contributed by atoms with E-state index >= 15 is 0 Å². The average Bonchev–Trinajstić information content (AvgIpc) is 2.09. The molecule has 1 N–H and O–H groups in total. The van der Waals surface area contributed by atoms with Crippen LogP contribution in [-0.2, 0) is 0 Å². The molecule has 0 aliphatic heterocycles. The first-order valence-electron chi connectivity index (χ1n) is 5.26. The summed E-state index contributed by atoms with van der Waals surface area (Å²) in [6.45, 7) is 11.4. The zero-order valence-electron chi connectivity index (χ0n) is 9.27. The number of nitrogens with one attached hydrogen (secondary N) is 1. The van der Waals surface area contributed by atoms with Gasteiger partial charge in [-0.2, -0.15) is 0 Å². The zero-order chi connectivity index (χ0) is 10.1. The zero-order valence-corrected chi connectivity index (χ0v) is 9.27. The fourth-order valence-electron chi connectivity index (χ4n) is 1.20. The summed E-state index contributed by atoms with van der Waals surface area (Å²) in [5, 5.41) is 3.45. The standard InChI is InChI=1S/C12H23N/c1-5-7-8-9-13-12(6-2)10-11(3)4/h5,10-11,13H,1,6-9H2,2-4H3/b12-10+. The summed E-state index contributed by atoms with van der Waals surface area (Å²) in [6.07, 6.45) is 7.66. The van der Waals surface area contributed by atoms with Gasteiger partial charge in [-0.15, -0.1) is 6.58 Å². The van der Waals surface area contributed by atoms with E-state index in [1.54, 1.807) is 0 Å². The molecule has 0 aromatic heterocycles. The van der Waals surface area contributed by atoms with Gasteiger partial charge in [0.15, 0.2) is 0 Å². The van der Waals surface area contributed by atoms with Gasteiger partial charge in [-0.3, -0.25) is 0 Å². The van der Waals surface area contributed by atoms with Gasteiger partial charge in [0.1, 0.15) is 0 Å². The molecule has 0 aromatic carbocycles. The first-order valence-corrected chi connectivity index (χ1v) is 5.26. The highest BCUT2D eigenvalue weighted by Crippen LogP contribution is 2.03. The molecule has 0 aromatic rings. The van der Waals surface area contributed by atoms with Crippen molar-refractivity contribution in [2.45, 2.75) is 40.0 Å². The van der Waals surface area contributed by atoms with Gasteiger partial charge in [0.05, 0.1) is 0 Å². The third kappa shape index (κ3) is 7.63. The molecule has 0 spiro atoms. The van der Waals surface area contributed by atoms with E-state index in [-0.39, 0.29) is 0 Å². The van der Waals surface area contributed by atoms with E-state index in [1.165, 1.54) is 12.1 Å². The Balaban J connectivity index is 3.65. The highest BCUT2D eigenvalue weighted by Gasteiger charge is 1.94. The lowest BCUT2D eigenvalue weighted by Gasteiger charge is -2.09. The number of hydrogen-bond acceptors (Lipinski definition) is 1. The van der Waals surface area contributed by atoms with Crippen molar-refractivity contribution in [2.75, 3.05) is 6.54 Å². The first-order chi connectivity index (χ1) is 6.20. The van der Waals surface area contributed by atoms with E-state index in [9.17, 15) is 0 Å². The lowest BCUT2D eigenvalue weighted by Crippen LogP contribution is -2.14. The molecule has 0 saturated heterocycles. The predicted molar refractivity (Wildman–Crippen MR) is 60.6 cm³/mol. The normalized spacial score (nSPS) is 11.8. The molecule has 0 rings (SSSR count). The molecule has 1 nitrogen and oxygen atoms in total. The third-order valence-electron chi connectivity index (χ3n) is 1.85. The smallest absolute Gasteiger partial charge is 0.0146 e. The van der Waals surface area contributed by atoms with Crippen molar-refractivity contribution in [3.8, 4) is 0 Å². The average molecular weight is 181 g/mol. The van der Waals surface area contributed by atoms with Crippen molar-refractivity contribution in [1.82, 2.24) is 5.32 Å². The van der Waals surface area contributed by atoms with Crippen LogP contribution in [0.15, 0.2) is 24.4 Å². The third-order valence-corrected chi connectivity index (χ3v) is 1.85. The molecule has 0 bridgehead atoms. The molecular formula is C12H23N. The van der Waals surface area contributed by atoms with Crippen LogP contribution in [0, 0.1) is 5.92 Å². The van der Waals surface area contributed by atoms with Gasteiger partial charge in [-0.1, -0.05) is 32.9 Å². The van der Waals surface area contributed by atoms with Crippen LogP contribution in [0.25, 0.3) is 0 Å². The summed E-state index contributed by atoms with van der Waals surface area (Å²) in [7, 11) is 0. The van der Waals surface area contributed by atoms with Crippen molar-refractivity contribution >= 4 is 0 Å². The number of allylic oxidation sites excluding steroid dienone is 3. The second-order valence-corrected chi connectivity index (χ2v) is 3.65. The van der Waals surface area contributed by atoms with Gasteiger partial charge in [0.2, 0.25) is 0 Å². The molecule has 0 saturated carbocycles. The Morgan fingerprint density at radius 2 is 2.15 bits per heavy atom. The molecule has 76 valence electrons. The Kier molecular flexibility index (Phi) is 7.47. The molecule has 0 heterocycles. The SMILES string of the molecule is C=CCCCN/C(=C/C(C)C)CC. The van der Waals surface area contributed by atoms with Crippen LogP contribution in [0.3, 0.4) is 0 Å². The van der Waals surface area contributed by atoms with Crippen molar-refractivity contribution in [3.63, 3.8) is 0 Å². The minimum Gasteiger partial charge on any atom is -0.389 e. The predicted octanol–water partition coefficient (Wildman–Crippen LogP) is 3.49. The molecular weight excluding hydrogens is 158 g/mol. The number of rotatable bonds is 7. The molecule has 0 atom stereocenters.